The highest BCUT2D eigenvalue weighted by atomic mass is 28.4. The highest BCUT2D eigenvalue weighted by molar-refractivity contribution is 6.64. The summed E-state index contributed by atoms with van der Waals surface area (Å²) in [6.45, 7) is 9.29. The molecule has 0 atom stereocenters. The summed E-state index contributed by atoms with van der Waals surface area (Å²) in [5.74, 6) is 0. The Hall–Kier alpha value is 0.0969. The molecule has 0 aliphatic rings. The zero-order valence-electron chi connectivity index (χ0n) is 11.8. The van der Waals surface area contributed by atoms with E-state index in [0.29, 0.717) is 6.61 Å². The largest absolute Gasteiger partial charge is 0.506 e. The van der Waals surface area contributed by atoms with Crippen LogP contribution >= 0.6 is 0 Å². The van der Waals surface area contributed by atoms with Crippen LogP contribution in [0.3, 0.4) is 0 Å². The second-order valence-corrected chi connectivity index (χ2v) is 7.88. The van der Waals surface area contributed by atoms with E-state index in [9.17, 15) is 0 Å². The normalized spacial score (nSPS) is 13.1. The molecule has 98 valence electrons. The Bertz CT molecular complexity index is 175. The van der Waals surface area contributed by atoms with Crippen molar-refractivity contribution in [3.8, 4) is 0 Å². The molecule has 0 rings (SSSR count). The Morgan fingerprint density at radius 2 is 1.38 bits per heavy atom. The molecule has 0 aromatic rings. The number of hydrogen-bond acceptors (Lipinski definition) is 3. The first-order valence-electron chi connectivity index (χ1n) is 6.30. The average Bonchev–Trinajstić information content (AvgIpc) is 2.26. The van der Waals surface area contributed by atoms with Crippen molar-refractivity contribution in [3.63, 3.8) is 0 Å². The smallest absolute Gasteiger partial charge is 0.377 e. The molecule has 0 saturated carbocycles. The van der Waals surface area contributed by atoms with Crippen LogP contribution in [0.2, 0.25) is 5.04 Å². The lowest BCUT2D eigenvalue weighted by atomic mass is 9.99. The van der Waals surface area contributed by atoms with Crippen LogP contribution in [0, 0.1) is 0 Å². The third-order valence-electron chi connectivity index (χ3n) is 3.21. The van der Waals surface area contributed by atoms with Crippen LogP contribution < -0.4 is 0 Å². The van der Waals surface area contributed by atoms with Crippen LogP contribution in [0.5, 0.6) is 0 Å². The maximum atomic E-state index is 5.89. The van der Waals surface area contributed by atoms with Crippen LogP contribution in [0.15, 0.2) is 0 Å². The Labute approximate surface area is 102 Å². The van der Waals surface area contributed by atoms with Crippen molar-refractivity contribution in [1.29, 1.82) is 0 Å². The van der Waals surface area contributed by atoms with E-state index in [1.807, 2.05) is 6.92 Å². The summed E-state index contributed by atoms with van der Waals surface area (Å²) >= 11 is 0. The minimum atomic E-state index is -2.54. The first-order chi connectivity index (χ1) is 7.55. The van der Waals surface area contributed by atoms with Gasteiger partial charge in [0.25, 0.3) is 0 Å². The lowest BCUT2D eigenvalue weighted by Crippen LogP contribution is -2.54. The quantitative estimate of drug-likeness (QED) is 0.583. The zero-order valence-corrected chi connectivity index (χ0v) is 12.8. The molecule has 0 unspecified atom stereocenters. The third-order valence-corrected chi connectivity index (χ3v) is 6.94. The molecule has 0 spiro atoms. The predicted molar refractivity (Wildman–Crippen MR) is 69.6 cm³/mol. The van der Waals surface area contributed by atoms with Gasteiger partial charge in [0.1, 0.15) is 0 Å². The summed E-state index contributed by atoms with van der Waals surface area (Å²) in [6, 6.07) is 0. The van der Waals surface area contributed by atoms with Crippen LogP contribution in [0.1, 0.15) is 53.4 Å². The second kappa shape index (κ2) is 7.43. The van der Waals surface area contributed by atoms with Gasteiger partial charge in [-0.25, -0.2) is 0 Å². The van der Waals surface area contributed by atoms with Gasteiger partial charge in [-0.1, -0.05) is 33.6 Å². The highest BCUT2D eigenvalue weighted by Crippen LogP contribution is 2.47. The van der Waals surface area contributed by atoms with Gasteiger partial charge in [0.05, 0.1) is 0 Å². The maximum absolute atomic E-state index is 5.89. The third kappa shape index (κ3) is 3.29. The highest BCUT2D eigenvalue weighted by Gasteiger charge is 2.55. The van der Waals surface area contributed by atoms with Gasteiger partial charge < -0.3 is 13.3 Å². The topological polar surface area (TPSA) is 27.7 Å². The molecule has 0 heterocycles. The van der Waals surface area contributed by atoms with Gasteiger partial charge in [-0.3, -0.25) is 0 Å². The first-order valence-corrected chi connectivity index (χ1v) is 8.02. The fourth-order valence-corrected chi connectivity index (χ4v) is 5.82. The minimum Gasteiger partial charge on any atom is -0.377 e. The molecular formula is C12H28O3Si. The monoisotopic (exact) mass is 248 g/mol. The number of hydrogen-bond donors (Lipinski definition) is 0. The van der Waals surface area contributed by atoms with E-state index in [1.54, 1.807) is 14.2 Å². The Morgan fingerprint density at radius 3 is 1.62 bits per heavy atom. The molecule has 0 amide bonds. The summed E-state index contributed by atoms with van der Waals surface area (Å²) in [6.07, 6.45) is 4.44. The molecule has 16 heavy (non-hydrogen) atoms. The van der Waals surface area contributed by atoms with Crippen LogP contribution in [0.4, 0.5) is 0 Å². The molecule has 0 bridgehead atoms. The van der Waals surface area contributed by atoms with Gasteiger partial charge in [-0.2, -0.15) is 0 Å². The predicted octanol–water partition coefficient (Wildman–Crippen LogP) is 3.62. The zero-order chi connectivity index (χ0) is 12.7. The van der Waals surface area contributed by atoms with Crippen LogP contribution in [-0.4, -0.2) is 29.6 Å². The van der Waals surface area contributed by atoms with E-state index >= 15 is 0 Å². The lowest BCUT2D eigenvalue weighted by molar-refractivity contribution is 0.0697. The van der Waals surface area contributed by atoms with Gasteiger partial charge in [-0.15, -0.1) is 0 Å². The SMILES string of the molecule is CCCC(C)(CCC)[Si](OC)(OC)OCC. The number of rotatable bonds is 9. The second-order valence-electron chi connectivity index (χ2n) is 4.46. The summed E-state index contributed by atoms with van der Waals surface area (Å²) < 4.78 is 17.3. The van der Waals surface area contributed by atoms with Gasteiger partial charge in [0, 0.05) is 25.9 Å². The Morgan fingerprint density at radius 1 is 0.938 bits per heavy atom. The van der Waals surface area contributed by atoms with Crippen molar-refractivity contribution in [3.05, 3.63) is 0 Å². The standard InChI is InChI=1S/C12H28O3Si/c1-7-10-12(4,11-8-2)16(13-5,14-6)15-9-3/h7-11H2,1-6H3. The molecule has 0 aliphatic heterocycles. The van der Waals surface area contributed by atoms with Crippen LogP contribution in [-0.2, 0) is 13.3 Å². The van der Waals surface area contributed by atoms with Crippen molar-refractivity contribution in [2.75, 3.05) is 20.8 Å². The summed E-state index contributed by atoms with van der Waals surface area (Å²) in [7, 11) is 0.895. The van der Waals surface area contributed by atoms with E-state index < -0.39 is 8.80 Å². The molecule has 0 aromatic carbocycles. The van der Waals surface area contributed by atoms with Crippen molar-refractivity contribution in [1.82, 2.24) is 0 Å². The van der Waals surface area contributed by atoms with Gasteiger partial charge in [0.15, 0.2) is 0 Å². The summed E-state index contributed by atoms with van der Waals surface area (Å²) in [5.41, 5.74) is 0. The molecule has 0 aromatic heterocycles. The Balaban J connectivity index is 5.05. The molecule has 3 nitrogen and oxygen atoms in total. The Kier molecular flexibility index (Phi) is 7.47. The first kappa shape index (κ1) is 16.1. The fourth-order valence-electron chi connectivity index (χ4n) is 2.59. The van der Waals surface area contributed by atoms with Crippen molar-refractivity contribution in [2.24, 2.45) is 0 Å². The molecule has 0 N–H and O–H groups in total. The summed E-state index contributed by atoms with van der Waals surface area (Å²) in [4.78, 5) is 0. The van der Waals surface area contributed by atoms with Crippen molar-refractivity contribution < 1.29 is 13.3 Å². The fraction of sp³-hybridized carbons (Fsp3) is 1.00. The van der Waals surface area contributed by atoms with E-state index in [2.05, 4.69) is 20.8 Å². The van der Waals surface area contributed by atoms with E-state index in [4.69, 9.17) is 13.3 Å². The van der Waals surface area contributed by atoms with Gasteiger partial charge in [0.2, 0.25) is 0 Å². The molecule has 0 fully saturated rings. The van der Waals surface area contributed by atoms with Crippen molar-refractivity contribution in [2.45, 2.75) is 58.4 Å². The molecular weight excluding hydrogens is 220 g/mol. The van der Waals surface area contributed by atoms with E-state index in [1.165, 1.54) is 0 Å². The van der Waals surface area contributed by atoms with Crippen LogP contribution in [0.25, 0.3) is 0 Å². The molecule has 4 heteroatoms. The lowest BCUT2D eigenvalue weighted by Gasteiger charge is -2.41. The van der Waals surface area contributed by atoms with Gasteiger partial charge in [-0.05, 0) is 19.8 Å². The van der Waals surface area contributed by atoms with Crippen molar-refractivity contribution >= 4 is 8.80 Å². The average molecular weight is 248 g/mol. The minimum absolute atomic E-state index is 0.0377. The van der Waals surface area contributed by atoms with E-state index in [0.717, 1.165) is 25.7 Å². The van der Waals surface area contributed by atoms with Gasteiger partial charge >= 0.3 is 8.80 Å². The molecule has 0 radical (unpaired) electrons. The molecule has 0 saturated heterocycles. The maximum Gasteiger partial charge on any atom is 0.506 e. The molecule has 0 aliphatic carbocycles. The van der Waals surface area contributed by atoms with E-state index in [-0.39, 0.29) is 5.04 Å². The summed E-state index contributed by atoms with van der Waals surface area (Å²) in [5, 5.41) is 0.0377.